The SMILES string of the molecule is CC(C)(C)OC(=O)NCCCO/N=C(\C(=O)N[C@@H]1C(=O)N2C(C(=O)O)=C(C[n+]3ccccc3)CS[C@H]12)c1nc(N)sc1Cl. The van der Waals surface area contributed by atoms with E-state index >= 15 is 0 Å². The van der Waals surface area contributed by atoms with E-state index in [1.54, 1.807) is 33.2 Å². The molecule has 1 saturated heterocycles. The van der Waals surface area contributed by atoms with Crippen LogP contribution in [0.3, 0.4) is 0 Å². The Kier molecular flexibility index (Phi) is 10.1. The van der Waals surface area contributed by atoms with Crippen LogP contribution in [-0.2, 0) is 30.5 Å². The minimum Gasteiger partial charge on any atom is -0.477 e. The predicted octanol–water partition coefficient (Wildman–Crippen LogP) is 1.74. The molecule has 0 aromatic carbocycles. The van der Waals surface area contributed by atoms with E-state index in [1.165, 1.54) is 16.7 Å². The van der Waals surface area contributed by atoms with E-state index in [4.69, 9.17) is 26.9 Å². The highest BCUT2D eigenvalue weighted by Gasteiger charge is 2.55. The summed E-state index contributed by atoms with van der Waals surface area (Å²) in [6, 6.07) is 4.48. The average Bonchev–Trinajstić information content (AvgIpc) is 3.27. The van der Waals surface area contributed by atoms with E-state index < -0.39 is 40.9 Å². The number of nitrogens with one attached hydrogen (secondary N) is 2. The minimum absolute atomic E-state index is 0.0212. The lowest BCUT2D eigenvalue weighted by atomic mass is 10.0. The standard InChI is InChI=1S/C26H30ClN7O7S2/c1-26(2,3)41-25(39)29-8-7-11-40-32-16(15-19(27)43-24(28)31-15)20(35)30-17-21(36)34-18(23(37)38)14(13-42-22(17)34)12-33-9-5-4-6-10-33/h4-6,9-10,17,22H,7-8,11-13H2,1-3H3,(H4-,28,29,30,31,35,37,38,39)/p+1/b32-16-/t17-,22-/m1/s1. The molecule has 2 aromatic heterocycles. The average molecular weight is 653 g/mol. The third-order valence-corrected chi connectivity index (χ3v) is 8.39. The Balaban J connectivity index is 1.42. The van der Waals surface area contributed by atoms with Crippen molar-refractivity contribution in [3.63, 3.8) is 0 Å². The van der Waals surface area contributed by atoms with Gasteiger partial charge in [0, 0.05) is 36.4 Å². The molecule has 0 saturated carbocycles. The Bertz CT molecular complexity index is 1460. The third kappa shape index (κ3) is 7.94. The summed E-state index contributed by atoms with van der Waals surface area (Å²) in [4.78, 5) is 61.1. The van der Waals surface area contributed by atoms with Crippen LogP contribution in [0, 0.1) is 0 Å². The molecule has 0 unspecified atom stereocenters. The fourth-order valence-electron chi connectivity index (χ4n) is 4.18. The number of halogens is 1. The van der Waals surface area contributed by atoms with Crippen LogP contribution >= 0.6 is 34.7 Å². The number of aromatic nitrogens is 2. The van der Waals surface area contributed by atoms with Gasteiger partial charge in [0.2, 0.25) is 0 Å². The zero-order valence-corrected chi connectivity index (χ0v) is 25.9. The Morgan fingerprint density at radius 1 is 1.28 bits per heavy atom. The molecule has 4 rings (SSSR count). The van der Waals surface area contributed by atoms with Crippen molar-refractivity contribution in [1.82, 2.24) is 20.5 Å². The first-order valence-corrected chi connectivity index (χ1v) is 15.3. The maximum Gasteiger partial charge on any atom is 0.407 e. The van der Waals surface area contributed by atoms with Crippen molar-refractivity contribution in [3.8, 4) is 0 Å². The minimum atomic E-state index is -1.23. The number of ether oxygens (including phenoxy) is 1. The molecule has 2 aliphatic rings. The van der Waals surface area contributed by atoms with Crippen molar-refractivity contribution in [1.29, 1.82) is 0 Å². The lowest BCUT2D eigenvalue weighted by molar-refractivity contribution is -0.689. The number of nitrogen functional groups attached to an aromatic ring is 1. The van der Waals surface area contributed by atoms with Gasteiger partial charge in [0.05, 0.1) is 0 Å². The number of β-lactam (4-membered cyclic amide) rings is 1. The fraction of sp³-hybridized carbons (Fsp3) is 0.423. The highest BCUT2D eigenvalue weighted by atomic mass is 35.5. The number of carbonyl (C=O) groups excluding carboxylic acids is 3. The van der Waals surface area contributed by atoms with Crippen LogP contribution in [-0.4, -0.2) is 80.5 Å². The number of aliphatic carboxylic acids is 1. The number of oxime groups is 1. The van der Waals surface area contributed by atoms with E-state index in [0.717, 1.165) is 11.3 Å². The van der Waals surface area contributed by atoms with Gasteiger partial charge in [-0.05, 0) is 20.8 Å². The van der Waals surface area contributed by atoms with Gasteiger partial charge >= 0.3 is 12.1 Å². The molecule has 17 heteroatoms. The van der Waals surface area contributed by atoms with E-state index in [-0.39, 0.29) is 39.7 Å². The van der Waals surface area contributed by atoms with Gasteiger partial charge in [0.25, 0.3) is 11.8 Å². The number of rotatable bonds is 11. The third-order valence-electron chi connectivity index (χ3n) is 5.97. The lowest BCUT2D eigenvalue weighted by Crippen LogP contribution is -2.71. The summed E-state index contributed by atoms with van der Waals surface area (Å²) in [6.45, 7) is 5.80. The number of anilines is 1. The van der Waals surface area contributed by atoms with Gasteiger partial charge < -0.3 is 31.0 Å². The van der Waals surface area contributed by atoms with E-state index in [9.17, 15) is 24.3 Å². The molecule has 2 aliphatic heterocycles. The number of carboxylic acids is 1. The van der Waals surface area contributed by atoms with Gasteiger partial charge in [-0.2, -0.15) is 0 Å². The van der Waals surface area contributed by atoms with Gasteiger partial charge in [-0.15, -0.1) is 11.8 Å². The highest BCUT2D eigenvalue weighted by Crippen LogP contribution is 2.40. The Hall–Kier alpha value is -3.89. The molecule has 2 atom stereocenters. The molecule has 4 heterocycles. The molecule has 43 heavy (non-hydrogen) atoms. The summed E-state index contributed by atoms with van der Waals surface area (Å²) >= 11 is 8.52. The molecule has 0 spiro atoms. The molecule has 0 aliphatic carbocycles. The molecule has 2 aromatic rings. The highest BCUT2D eigenvalue weighted by molar-refractivity contribution is 8.00. The van der Waals surface area contributed by atoms with Crippen molar-refractivity contribution in [2.24, 2.45) is 5.16 Å². The number of nitrogens with two attached hydrogens (primary N) is 1. The number of carboxylic acid groups (broad SMARTS) is 1. The summed E-state index contributed by atoms with van der Waals surface area (Å²) in [6.07, 6.45) is 3.38. The Labute approximate surface area is 260 Å². The molecular formula is C26H31ClN7O7S2+. The van der Waals surface area contributed by atoms with Crippen LogP contribution in [0.4, 0.5) is 9.93 Å². The smallest absolute Gasteiger partial charge is 0.407 e. The molecule has 0 radical (unpaired) electrons. The number of nitrogens with zero attached hydrogens (tertiary/aromatic N) is 4. The van der Waals surface area contributed by atoms with Crippen LogP contribution in [0.15, 0.2) is 47.0 Å². The summed E-state index contributed by atoms with van der Waals surface area (Å²) in [5.74, 6) is -2.25. The number of hydrogen-bond donors (Lipinski definition) is 4. The molecule has 5 N–H and O–H groups in total. The number of pyridine rings is 1. The number of carbonyl (C=O) groups is 4. The van der Waals surface area contributed by atoms with Crippen LogP contribution in [0.5, 0.6) is 0 Å². The summed E-state index contributed by atoms with van der Waals surface area (Å²) in [7, 11) is 0. The number of thiazole rings is 1. The van der Waals surface area contributed by atoms with Crippen molar-refractivity contribution in [2.75, 3.05) is 24.6 Å². The van der Waals surface area contributed by atoms with Crippen molar-refractivity contribution >= 4 is 69.4 Å². The molecule has 230 valence electrons. The van der Waals surface area contributed by atoms with Gasteiger partial charge in [0.1, 0.15) is 39.4 Å². The zero-order valence-electron chi connectivity index (χ0n) is 23.5. The molecular weight excluding hydrogens is 622 g/mol. The monoisotopic (exact) mass is 652 g/mol. The second-order valence-electron chi connectivity index (χ2n) is 10.4. The first-order chi connectivity index (χ1) is 20.4. The molecule has 1 fully saturated rings. The van der Waals surface area contributed by atoms with Gasteiger partial charge in [0.15, 0.2) is 29.8 Å². The Morgan fingerprint density at radius 2 is 2.00 bits per heavy atom. The van der Waals surface area contributed by atoms with Gasteiger partial charge in [-0.3, -0.25) is 14.5 Å². The van der Waals surface area contributed by atoms with Gasteiger partial charge in [-0.25, -0.2) is 19.1 Å². The molecule has 3 amide bonds. The first-order valence-electron chi connectivity index (χ1n) is 13.1. The predicted molar refractivity (Wildman–Crippen MR) is 159 cm³/mol. The molecule has 0 bridgehead atoms. The maximum absolute atomic E-state index is 13.3. The van der Waals surface area contributed by atoms with E-state index in [0.29, 0.717) is 24.3 Å². The number of amides is 3. The summed E-state index contributed by atoms with van der Waals surface area (Å²) in [5.41, 5.74) is 5.28. The number of thioether (sulfide) groups is 1. The van der Waals surface area contributed by atoms with Crippen LogP contribution in [0.1, 0.15) is 32.9 Å². The van der Waals surface area contributed by atoms with Crippen molar-refractivity contribution in [2.45, 2.75) is 50.8 Å². The number of hydrogen-bond acceptors (Lipinski definition) is 11. The molecule has 14 nitrogen and oxygen atoms in total. The maximum atomic E-state index is 13.3. The fourth-order valence-corrected chi connectivity index (χ4v) is 6.45. The Morgan fingerprint density at radius 3 is 2.63 bits per heavy atom. The quantitative estimate of drug-likeness (QED) is 0.0915. The summed E-state index contributed by atoms with van der Waals surface area (Å²) in [5, 5.41) is 18.5. The van der Waals surface area contributed by atoms with Gasteiger partial charge in [-0.1, -0.05) is 34.2 Å². The number of alkyl carbamates (subject to hydrolysis) is 1. The van der Waals surface area contributed by atoms with Crippen LogP contribution < -0.4 is 20.9 Å². The van der Waals surface area contributed by atoms with Crippen molar-refractivity contribution < 1.29 is 38.4 Å². The second kappa shape index (κ2) is 13.6. The largest absolute Gasteiger partial charge is 0.477 e. The van der Waals surface area contributed by atoms with E-state index in [1.807, 2.05) is 22.8 Å². The summed E-state index contributed by atoms with van der Waals surface area (Å²) < 4.78 is 7.08. The zero-order chi connectivity index (χ0) is 31.3. The second-order valence-corrected chi connectivity index (χ2v) is 13.1. The lowest BCUT2D eigenvalue weighted by Gasteiger charge is -2.49. The number of fused-ring (bicyclic) bond motifs is 1. The van der Waals surface area contributed by atoms with Crippen LogP contribution in [0.2, 0.25) is 4.34 Å². The van der Waals surface area contributed by atoms with Crippen LogP contribution in [0.25, 0.3) is 0 Å². The topological polar surface area (TPSA) is 189 Å². The normalized spacial score (nSPS) is 18.5. The van der Waals surface area contributed by atoms with Crippen molar-refractivity contribution in [3.05, 3.63) is 51.9 Å². The first kappa shape index (κ1) is 32.0. The van der Waals surface area contributed by atoms with E-state index in [2.05, 4.69) is 20.8 Å².